The number of amides is 3. The lowest BCUT2D eigenvalue weighted by atomic mass is 10.0. The topological polar surface area (TPSA) is 104 Å². The van der Waals surface area contributed by atoms with E-state index in [1.165, 1.54) is 6.26 Å². The molecule has 0 saturated carbocycles. The lowest BCUT2D eigenvalue weighted by molar-refractivity contribution is 0.0889. The fourth-order valence-corrected chi connectivity index (χ4v) is 3.82. The van der Waals surface area contributed by atoms with Gasteiger partial charge in [0.2, 0.25) is 0 Å². The molecule has 1 saturated heterocycles. The minimum Gasteiger partial charge on any atom is -0.476 e. The van der Waals surface area contributed by atoms with Crippen LogP contribution in [0, 0.1) is 0 Å². The summed E-state index contributed by atoms with van der Waals surface area (Å²) in [5, 5.41) is 4.06. The van der Waals surface area contributed by atoms with Crippen molar-refractivity contribution in [2.75, 3.05) is 18.0 Å². The summed E-state index contributed by atoms with van der Waals surface area (Å²) in [6.07, 6.45) is 6.59. The molecule has 0 aliphatic carbocycles. The molecule has 142 valence electrons. The van der Waals surface area contributed by atoms with Crippen LogP contribution in [0.5, 0.6) is 0 Å². The lowest BCUT2D eigenvalue weighted by Crippen LogP contribution is -2.51. The Labute approximate surface area is 156 Å². The van der Waals surface area contributed by atoms with Crippen molar-refractivity contribution < 1.29 is 14.3 Å². The number of nitrogens with zero attached hydrogens (tertiary/aromatic N) is 2. The summed E-state index contributed by atoms with van der Waals surface area (Å²) in [5.41, 5.74) is 7.74. The highest BCUT2D eigenvalue weighted by Gasteiger charge is 2.28. The summed E-state index contributed by atoms with van der Waals surface area (Å²) in [4.78, 5) is 31.0. The van der Waals surface area contributed by atoms with Gasteiger partial charge in [-0.15, -0.1) is 0 Å². The largest absolute Gasteiger partial charge is 0.476 e. The zero-order valence-electron chi connectivity index (χ0n) is 15.1. The van der Waals surface area contributed by atoms with Crippen molar-refractivity contribution in [2.45, 2.75) is 32.0 Å². The van der Waals surface area contributed by atoms with Crippen LogP contribution in [0.1, 0.15) is 30.1 Å². The van der Waals surface area contributed by atoms with E-state index in [1.807, 2.05) is 25.3 Å². The molecule has 2 aliphatic heterocycles. The number of benzene rings is 1. The van der Waals surface area contributed by atoms with E-state index in [-0.39, 0.29) is 18.3 Å². The van der Waals surface area contributed by atoms with E-state index in [4.69, 9.17) is 10.5 Å². The van der Waals surface area contributed by atoms with Gasteiger partial charge in [-0.3, -0.25) is 9.69 Å². The Morgan fingerprint density at radius 2 is 2.19 bits per heavy atom. The van der Waals surface area contributed by atoms with Crippen molar-refractivity contribution in [3.05, 3.63) is 42.4 Å². The summed E-state index contributed by atoms with van der Waals surface area (Å²) in [6.45, 7) is 3.43. The first-order valence-corrected chi connectivity index (χ1v) is 9.10. The number of fused-ring (bicyclic) bond motifs is 1. The number of piperidine rings is 1. The number of aromatic nitrogens is 1. The third-order valence-electron chi connectivity index (χ3n) is 5.18. The number of urea groups is 1. The lowest BCUT2D eigenvalue weighted by Gasteiger charge is -2.36. The minimum absolute atomic E-state index is 0.0391. The van der Waals surface area contributed by atoms with Crippen LogP contribution < -0.4 is 16.0 Å². The van der Waals surface area contributed by atoms with Crippen molar-refractivity contribution in [3.63, 3.8) is 0 Å². The summed E-state index contributed by atoms with van der Waals surface area (Å²) in [5.74, 6) is -0.451. The second kappa shape index (κ2) is 6.86. The molecule has 1 aromatic carbocycles. The molecule has 0 bridgehead atoms. The van der Waals surface area contributed by atoms with E-state index < -0.39 is 5.91 Å². The Kier molecular flexibility index (Phi) is 4.39. The summed E-state index contributed by atoms with van der Waals surface area (Å²) in [7, 11) is 0. The van der Waals surface area contributed by atoms with Gasteiger partial charge in [0.25, 0.3) is 5.91 Å². The third kappa shape index (κ3) is 3.18. The standard InChI is InChI=1S/C19H23N5O3/c1-12-24(9-10-27-12)19(26)22-13-3-2-8-23(11-13)16-5-4-15(18(20)25)17-14(16)6-7-21-17/h4-7,9-10,12-13,21H,2-3,8,11H2,1H3,(H2,20,25)(H,22,26)/t12-,13?/m1/s1. The molecule has 27 heavy (non-hydrogen) atoms. The van der Waals surface area contributed by atoms with Crippen LogP contribution in [0.25, 0.3) is 10.9 Å². The fraction of sp³-hybridized carbons (Fsp3) is 0.368. The third-order valence-corrected chi connectivity index (χ3v) is 5.18. The van der Waals surface area contributed by atoms with Gasteiger partial charge < -0.3 is 25.7 Å². The van der Waals surface area contributed by atoms with Crippen molar-refractivity contribution >= 4 is 28.5 Å². The van der Waals surface area contributed by atoms with Crippen LogP contribution in [0.15, 0.2) is 36.9 Å². The number of hydrogen-bond acceptors (Lipinski definition) is 4. The van der Waals surface area contributed by atoms with Crippen LogP contribution >= 0.6 is 0 Å². The zero-order chi connectivity index (χ0) is 19.0. The van der Waals surface area contributed by atoms with Crippen molar-refractivity contribution in [1.82, 2.24) is 15.2 Å². The molecule has 3 amide bonds. The molecule has 2 atom stereocenters. The number of nitrogens with one attached hydrogen (secondary N) is 2. The number of nitrogens with two attached hydrogens (primary N) is 1. The predicted octanol–water partition coefficient (Wildman–Crippen LogP) is 2.09. The van der Waals surface area contributed by atoms with E-state index in [0.29, 0.717) is 12.1 Å². The van der Waals surface area contributed by atoms with Crippen molar-refractivity contribution in [2.24, 2.45) is 5.73 Å². The molecule has 8 heteroatoms. The number of aromatic amines is 1. The van der Waals surface area contributed by atoms with Crippen LogP contribution in [0.3, 0.4) is 0 Å². The normalized spacial score (nSPS) is 22.1. The van der Waals surface area contributed by atoms with E-state index in [9.17, 15) is 9.59 Å². The molecule has 1 fully saturated rings. The first kappa shape index (κ1) is 17.3. The molecule has 3 heterocycles. The average Bonchev–Trinajstić information content (AvgIpc) is 3.29. The molecule has 4 rings (SSSR count). The fourth-order valence-electron chi connectivity index (χ4n) is 3.82. The van der Waals surface area contributed by atoms with Gasteiger partial charge in [-0.1, -0.05) is 0 Å². The molecule has 2 aromatic rings. The van der Waals surface area contributed by atoms with Gasteiger partial charge in [-0.05, 0) is 38.0 Å². The monoisotopic (exact) mass is 369 g/mol. The molecule has 0 radical (unpaired) electrons. The SMILES string of the molecule is C[C@H]1OC=CN1C(=O)NC1CCCN(c2ccc(C(N)=O)c3[nH]ccc23)C1. The highest BCUT2D eigenvalue weighted by atomic mass is 16.5. The highest BCUT2D eigenvalue weighted by Crippen LogP contribution is 2.30. The maximum absolute atomic E-state index is 12.5. The van der Waals surface area contributed by atoms with Gasteiger partial charge in [0.05, 0.1) is 11.1 Å². The van der Waals surface area contributed by atoms with Crippen LogP contribution in [-0.2, 0) is 4.74 Å². The Morgan fingerprint density at radius 1 is 1.33 bits per heavy atom. The smallest absolute Gasteiger partial charge is 0.324 e. The van der Waals surface area contributed by atoms with Crippen LogP contribution in [-0.4, -0.2) is 47.2 Å². The molecule has 1 aromatic heterocycles. The van der Waals surface area contributed by atoms with Crippen LogP contribution in [0.2, 0.25) is 0 Å². The first-order chi connectivity index (χ1) is 13.0. The quantitative estimate of drug-likeness (QED) is 0.771. The number of H-pyrrole nitrogens is 1. The number of ether oxygens (including phenoxy) is 1. The van der Waals surface area contributed by atoms with Gasteiger partial charge >= 0.3 is 6.03 Å². The summed E-state index contributed by atoms with van der Waals surface area (Å²) >= 11 is 0. The molecule has 2 aliphatic rings. The second-order valence-electron chi connectivity index (χ2n) is 6.93. The van der Waals surface area contributed by atoms with Gasteiger partial charge in [0, 0.05) is 42.6 Å². The van der Waals surface area contributed by atoms with Gasteiger partial charge in [-0.2, -0.15) is 0 Å². The van der Waals surface area contributed by atoms with Crippen molar-refractivity contribution in [3.8, 4) is 0 Å². The molecule has 4 N–H and O–H groups in total. The number of rotatable bonds is 3. The van der Waals surface area contributed by atoms with E-state index in [1.54, 1.807) is 17.2 Å². The summed E-state index contributed by atoms with van der Waals surface area (Å²) in [6, 6.07) is 5.52. The van der Waals surface area contributed by atoms with Gasteiger partial charge in [0.1, 0.15) is 6.26 Å². The number of hydrogen-bond donors (Lipinski definition) is 3. The zero-order valence-corrected chi connectivity index (χ0v) is 15.1. The van der Waals surface area contributed by atoms with E-state index in [0.717, 1.165) is 36.0 Å². The molecule has 1 unspecified atom stereocenters. The number of anilines is 1. The Morgan fingerprint density at radius 3 is 2.93 bits per heavy atom. The van der Waals surface area contributed by atoms with E-state index >= 15 is 0 Å². The average molecular weight is 369 g/mol. The predicted molar refractivity (Wildman–Crippen MR) is 102 cm³/mol. The first-order valence-electron chi connectivity index (χ1n) is 9.10. The van der Waals surface area contributed by atoms with E-state index in [2.05, 4.69) is 15.2 Å². The summed E-state index contributed by atoms with van der Waals surface area (Å²) < 4.78 is 5.27. The maximum atomic E-state index is 12.5. The molecular formula is C19H23N5O3. The number of carbonyl (C=O) groups is 2. The van der Waals surface area contributed by atoms with Gasteiger partial charge in [-0.25, -0.2) is 4.79 Å². The Balaban J connectivity index is 1.52. The molecular weight excluding hydrogens is 346 g/mol. The number of primary amides is 1. The Hall–Kier alpha value is -3.16. The minimum atomic E-state index is -0.451. The van der Waals surface area contributed by atoms with Crippen LogP contribution in [0.4, 0.5) is 10.5 Å². The molecule has 0 spiro atoms. The molecule has 8 nitrogen and oxygen atoms in total. The highest BCUT2D eigenvalue weighted by molar-refractivity contribution is 6.08. The maximum Gasteiger partial charge on any atom is 0.324 e. The number of carbonyl (C=O) groups excluding carboxylic acids is 2. The second-order valence-corrected chi connectivity index (χ2v) is 6.93. The van der Waals surface area contributed by atoms with Crippen molar-refractivity contribution in [1.29, 1.82) is 0 Å². The Bertz CT molecular complexity index is 906. The van der Waals surface area contributed by atoms with Gasteiger partial charge in [0.15, 0.2) is 6.23 Å².